The van der Waals surface area contributed by atoms with Crippen LogP contribution in [0.4, 0.5) is 13.2 Å². The average Bonchev–Trinajstić information content (AvgIpc) is 2.65. The summed E-state index contributed by atoms with van der Waals surface area (Å²) in [5.41, 5.74) is 2.99. The van der Waals surface area contributed by atoms with E-state index in [1.807, 2.05) is 50.3 Å². The number of hydrogen-bond acceptors (Lipinski definition) is 3. The minimum absolute atomic E-state index is 0.0332. The molecule has 0 aliphatic carbocycles. The van der Waals surface area contributed by atoms with Crippen LogP contribution in [0.15, 0.2) is 67.1 Å². The van der Waals surface area contributed by atoms with Gasteiger partial charge in [-0.3, -0.25) is 4.98 Å². The van der Waals surface area contributed by atoms with Gasteiger partial charge >= 0.3 is 6.36 Å². The van der Waals surface area contributed by atoms with Crippen LogP contribution in [0.25, 0.3) is 11.6 Å². The summed E-state index contributed by atoms with van der Waals surface area (Å²) in [6.45, 7) is 7.92. The highest BCUT2D eigenvalue weighted by molar-refractivity contribution is 5.81. The number of pyridine rings is 1. The first kappa shape index (κ1) is 19.7. The van der Waals surface area contributed by atoms with Gasteiger partial charge in [-0.15, -0.1) is 13.2 Å². The fourth-order valence-electron chi connectivity index (χ4n) is 3.02. The SMILES string of the molecule is C=C1/C(c2ncccc2OC(F)(F)F)=C\OC(C)/C=C\c2ccccc2C1C. The molecule has 1 aliphatic heterocycles. The lowest BCUT2D eigenvalue weighted by Crippen LogP contribution is -2.19. The van der Waals surface area contributed by atoms with Gasteiger partial charge in [-0.2, -0.15) is 0 Å². The third-order valence-electron chi connectivity index (χ3n) is 4.53. The van der Waals surface area contributed by atoms with E-state index in [4.69, 9.17) is 4.74 Å². The molecule has 0 fully saturated rings. The lowest BCUT2D eigenvalue weighted by atomic mass is 9.85. The van der Waals surface area contributed by atoms with E-state index < -0.39 is 12.1 Å². The van der Waals surface area contributed by atoms with Crippen LogP contribution in [-0.4, -0.2) is 17.5 Å². The molecule has 3 rings (SSSR count). The lowest BCUT2D eigenvalue weighted by Gasteiger charge is -2.23. The Kier molecular flexibility index (Phi) is 5.58. The Labute approximate surface area is 161 Å². The summed E-state index contributed by atoms with van der Waals surface area (Å²) in [7, 11) is 0. The van der Waals surface area contributed by atoms with Crippen molar-refractivity contribution < 1.29 is 22.6 Å². The largest absolute Gasteiger partial charge is 0.573 e. The fourth-order valence-corrected chi connectivity index (χ4v) is 3.02. The first-order valence-electron chi connectivity index (χ1n) is 8.79. The molecule has 28 heavy (non-hydrogen) atoms. The summed E-state index contributed by atoms with van der Waals surface area (Å²) in [6, 6.07) is 10.4. The molecular weight excluding hydrogens is 367 g/mol. The molecule has 1 aromatic heterocycles. The topological polar surface area (TPSA) is 31.4 Å². The fraction of sp³-hybridized carbons (Fsp3) is 0.227. The molecule has 146 valence electrons. The predicted molar refractivity (Wildman–Crippen MR) is 102 cm³/mol. The van der Waals surface area contributed by atoms with Crippen LogP contribution in [0.1, 0.15) is 36.6 Å². The number of benzene rings is 1. The van der Waals surface area contributed by atoms with Gasteiger partial charge in [0.05, 0.1) is 6.26 Å². The number of aromatic nitrogens is 1. The Morgan fingerprint density at radius 3 is 2.61 bits per heavy atom. The quantitative estimate of drug-likeness (QED) is 0.623. The molecule has 2 atom stereocenters. The standard InChI is InChI=1S/C22H20F3NO2/c1-14-10-11-17-7-4-5-8-18(17)15(2)16(3)19(13-27-14)21-20(9-6-12-26-21)28-22(23,24)25/h4-15H,3H2,1-2H3/b11-10-,19-13+. The zero-order chi connectivity index (χ0) is 20.3. The highest BCUT2D eigenvalue weighted by Crippen LogP contribution is 2.39. The number of halogens is 3. The van der Waals surface area contributed by atoms with E-state index in [0.717, 1.165) is 11.1 Å². The minimum Gasteiger partial charge on any atom is -0.494 e. The summed E-state index contributed by atoms with van der Waals surface area (Å²) >= 11 is 0. The van der Waals surface area contributed by atoms with Gasteiger partial charge in [0.2, 0.25) is 0 Å². The maximum Gasteiger partial charge on any atom is 0.573 e. The molecule has 2 heterocycles. The number of allylic oxidation sites excluding steroid dienone is 2. The second-order valence-electron chi connectivity index (χ2n) is 6.51. The maximum absolute atomic E-state index is 12.9. The van der Waals surface area contributed by atoms with Crippen molar-refractivity contribution in [3.05, 3.63) is 83.9 Å². The first-order chi connectivity index (χ1) is 13.3. The van der Waals surface area contributed by atoms with Crippen LogP contribution < -0.4 is 4.74 Å². The molecule has 0 radical (unpaired) electrons. The zero-order valence-corrected chi connectivity index (χ0v) is 15.5. The number of hydrogen-bond donors (Lipinski definition) is 0. The van der Waals surface area contributed by atoms with Crippen LogP contribution in [-0.2, 0) is 4.74 Å². The van der Waals surface area contributed by atoms with E-state index in [1.54, 1.807) is 0 Å². The van der Waals surface area contributed by atoms with Crippen LogP contribution in [0.3, 0.4) is 0 Å². The predicted octanol–water partition coefficient (Wildman–Crippen LogP) is 6.11. The Morgan fingerprint density at radius 1 is 1.11 bits per heavy atom. The molecule has 2 aromatic rings. The number of nitrogens with zero attached hydrogens (tertiary/aromatic N) is 1. The molecular formula is C22H20F3NO2. The number of fused-ring (bicyclic) bond motifs is 1. The summed E-state index contributed by atoms with van der Waals surface area (Å²) in [5, 5.41) is 0. The first-order valence-corrected chi connectivity index (χ1v) is 8.79. The molecule has 0 amide bonds. The van der Waals surface area contributed by atoms with Crippen LogP contribution in [0, 0.1) is 0 Å². The molecule has 3 nitrogen and oxygen atoms in total. The van der Waals surface area contributed by atoms with E-state index >= 15 is 0 Å². The lowest BCUT2D eigenvalue weighted by molar-refractivity contribution is -0.274. The van der Waals surface area contributed by atoms with Gasteiger partial charge in [0, 0.05) is 17.7 Å². The Bertz CT molecular complexity index is 931. The molecule has 2 unspecified atom stereocenters. The van der Waals surface area contributed by atoms with Gasteiger partial charge in [0.1, 0.15) is 11.8 Å². The van der Waals surface area contributed by atoms with E-state index in [1.165, 1.54) is 24.6 Å². The van der Waals surface area contributed by atoms with Gasteiger partial charge < -0.3 is 9.47 Å². The summed E-state index contributed by atoms with van der Waals surface area (Å²) in [5.74, 6) is -0.573. The summed E-state index contributed by atoms with van der Waals surface area (Å²) in [6.07, 6.45) is 1.56. The molecule has 6 heteroatoms. The highest BCUT2D eigenvalue weighted by Gasteiger charge is 2.33. The van der Waals surface area contributed by atoms with Gasteiger partial charge in [0.15, 0.2) is 5.75 Å². The number of alkyl halides is 3. The van der Waals surface area contributed by atoms with E-state index in [2.05, 4.69) is 16.3 Å². The molecule has 0 spiro atoms. The molecule has 0 saturated heterocycles. The van der Waals surface area contributed by atoms with Gasteiger partial charge in [-0.25, -0.2) is 0 Å². The van der Waals surface area contributed by atoms with E-state index in [-0.39, 0.29) is 17.7 Å². The van der Waals surface area contributed by atoms with E-state index in [0.29, 0.717) is 11.1 Å². The zero-order valence-electron chi connectivity index (χ0n) is 15.5. The second kappa shape index (κ2) is 7.92. The van der Waals surface area contributed by atoms with Gasteiger partial charge in [-0.05, 0) is 41.8 Å². The maximum atomic E-state index is 12.9. The van der Waals surface area contributed by atoms with Gasteiger partial charge in [0.25, 0.3) is 0 Å². The number of ether oxygens (including phenoxy) is 2. The third-order valence-corrected chi connectivity index (χ3v) is 4.53. The highest BCUT2D eigenvalue weighted by atomic mass is 19.4. The Morgan fingerprint density at radius 2 is 1.86 bits per heavy atom. The monoisotopic (exact) mass is 387 g/mol. The summed E-state index contributed by atoms with van der Waals surface area (Å²) < 4.78 is 48.5. The van der Waals surface area contributed by atoms with Crippen molar-refractivity contribution in [2.24, 2.45) is 0 Å². The molecule has 1 aromatic carbocycles. The van der Waals surface area contributed by atoms with Crippen LogP contribution in [0.2, 0.25) is 0 Å². The molecule has 1 aliphatic rings. The van der Waals surface area contributed by atoms with Crippen LogP contribution >= 0.6 is 0 Å². The summed E-state index contributed by atoms with van der Waals surface area (Å²) in [4.78, 5) is 4.13. The number of rotatable bonds is 2. The Balaban J connectivity index is 2.11. The normalized spacial score (nSPS) is 23.0. The third kappa shape index (κ3) is 4.44. The second-order valence-corrected chi connectivity index (χ2v) is 6.51. The molecule has 0 bridgehead atoms. The smallest absolute Gasteiger partial charge is 0.494 e. The van der Waals surface area contributed by atoms with Crippen molar-refractivity contribution in [2.75, 3.05) is 0 Å². The average molecular weight is 387 g/mol. The van der Waals surface area contributed by atoms with Crippen molar-refractivity contribution in [1.82, 2.24) is 4.98 Å². The van der Waals surface area contributed by atoms with Crippen molar-refractivity contribution in [2.45, 2.75) is 32.2 Å². The van der Waals surface area contributed by atoms with Crippen molar-refractivity contribution in [3.8, 4) is 5.75 Å². The van der Waals surface area contributed by atoms with E-state index in [9.17, 15) is 13.2 Å². The van der Waals surface area contributed by atoms with Crippen molar-refractivity contribution in [1.29, 1.82) is 0 Å². The van der Waals surface area contributed by atoms with Crippen molar-refractivity contribution in [3.63, 3.8) is 0 Å². The van der Waals surface area contributed by atoms with Crippen LogP contribution in [0.5, 0.6) is 5.75 Å². The molecule has 0 N–H and O–H groups in total. The van der Waals surface area contributed by atoms with Gasteiger partial charge in [-0.1, -0.05) is 43.8 Å². The van der Waals surface area contributed by atoms with Crippen molar-refractivity contribution >= 4 is 11.6 Å². The molecule has 0 saturated carbocycles. The minimum atomic E-state index is -4.83. The Hall–Kier alpha value is -3.02.